The van der Waals surface area contributed by atoms with Gasteiger partial charge in [0, 0.05) is 49.5 Å². The topological polar surface area (TPSA) is 48.5 Å². The molecule has 74 heavy (non-hydrogen) atoms. The second kappa shape index (κ2) is 17.7. The molecule has 3 heterocycles. The molecule has 0 atom stereocenters. The first kappa shape index (κ1) is 44.5. The van der Waals surface area contributed by atoms with E-state index in [0.717, 1.165) is 77.0 Å². The zero-order valence-electron chi connectivity index (χ0n) is 40.3. The van der Waals surface area contributed by atoms with E-state index in [0.29, 0.717) is 40.0 Å². The van der Waals surface area contributed by atoms with Gasteiger partial charge in [-0.3, -0.25) is 0 Å². The lowest BCUT2D eigenvalue weighted by Gasteiger charge is -2.21. The van der Waals surface area contributed by atoms with Crippen LogP contribution in [0.1, 0.15) is 16.7 Å². The van der Waals surface area contributed by atoms with Gasteiger partial charge in [-0.25, -0.2) is 15.0 Å². The van der Waals surface area contributed by atoms with Gasteiger partial charge in [-0.15, -0.1) is 0 Å². The van der Waals surface area contributed by atoms with Gasteiger partial charge in [0.1, 0.15) is 0 Å². The number of fused-ring (bicyclic) bond motifs is 6. The molecule has 13 aromatic rings. The van der Waals surface area contributed by atoms with E-state index >= 15 is 13.2 Å². The van der Waals surface area contributed by atoms with Crippen molar-refractivity contribution in [2.24, 2.45) is 0 Å². The van der Waals surface area contributed by atoms with Crippen LogP contribution in [0, 0.1) is 13.8 Å². The highest BCUT2D eigenvalue weighted by molar-refractivity contribution is 6.12. The summed E-state index contributed by atoms with van der Waals surface area (Å²) in [5, 5.41) is 3.95. The molecule has 0 unspecified atom stereocenters. The molecular formula is C66H44F3N5. The van der Waals surface area contributed by atoms with Crippen molar-refractivity contribution in [3.8, 4) is 78.9 Å². The minimum atomic E-state index is -4.73. The second-order valence-electron chi connectivity index (χ2n) is 18.9. The van der Waals surface area contributed by atoms with Crippen LogP contribution in [0.25, 0.3) is 123 Å². The quantitative estimate of drug-likeness (QED) is 0.152. The Bertz CT molecular complexity index is 4230. The average Bonchev–Trinajstić information content (AvgIpc) is 3.95. The Hall–Kier alpha value is -9.40. The van der Waals surface area contributed by atoms with Crippen molar-refractivity contribution >= 4 is 43.6 Å². The normalized spacial score (nSPS) is 11.9. The number of nitrogens with zero attached hydrogens (tertiary/aromatic N) is 5. The van der Waals surface area contributed by atoms with Gasteiger partial charge in [-0.1, -0.05) is 169 Å². The molecule has 10 aromatic carbocycles. The summed E-state index contributed by atoms with van der Waals surface area (Å²) in [7, 11) is 0. The summed E-state index contributed by atoms with van der Waals surface area (Å²) in [6.45, 7) is 4.14. The highest BCUT2D eigenvalue weighted by Crippen LogP contribution is 2.45. The van der Waals surface area contributed by atoms with Crippen LogP contribution in [-0.2, 0) is 6.18 Å². The third-order valence-corrected chi connectivity index (χ3v) is 14.2. The number of rotatable bonds is 8. The van der Waals surface area contributed by atoms with E-state index in [1.807, 2.05) is 115 Å². The Labute approximate surface area is 425 Å². The van der Waals surface area contributed by atoms with Crippen LogP contribution in [-0.4, -0.2) is 24.1 Å². The van der Waals surface area contributed by atoms with Gasteiger partial charge in [0.05, 0.1) is 33.3 Å². The molecule has 354 valence electrons. The predicted octanol–water partition coefficient (Wildman–Crippen LogP) is 17.7. The van der Waals surface area contributed by atoms with Crippen molar-refractivity contribution in [1.82, 2.24) is 24.1 Å². The Balaban J connectivity index is 1.09. The fourth-order valence-corrected chi connectivity index (χ4v) is 10.5. The van der Waals surface area contributed by atoms with Crippen LogP contribution in [0.5, 0.6) is 0 Å². The highest BCUT2D eigenvalue weighted by Gasteiger charge is 2.35. The fourth-order valence-electron chi connectivity index (χ4n) is 10.5. The Kier molecular flexibility index (Phi) is 10.7. The smallest absolute Gasteiger partial charge is 0.309 e. The van der Waals surface area contributed by atoms with E-state index < -0.39 is 11.7 Å². The van der Waals surface area contributed by atoms with Crippen molar-refractivity contribution in [1.29, 1.82) is 0 Å². The number of hydrogen-bond donors (Lipinski definition) is 0. The Morgan fingerprint density at radius 2 is 0.757 bits per heavy atom. The van der Waals surface area contributed by atoms with E-state index in [1.165, 1.54) is 17.2 Å². The van der Waals surface area contributed by atoms with E-state index in [4.69, 9.17) is 15.0 Å². The Morgan fingerprint density at radius 3 is 1.28 bits per heavy atom. The van der Waals surface area contributed by atoms with Crippen molar-refractivity contribution in [3.05, 3.63) is 247 Å². The number of benzene rings is 10. The van der Waals surface area contributed by atoms with Gasteiger partial charge < -0.3 is 9.13 Å². The average molecular weight is 964 g/mol. The van der Waals surface area contributed by atoms with Crippen LogP contribution in [0.2, 0.25) is 0 Å². The zero-order valence-corrected chi connectivity index (χ0v) is 40.3. The van der Waals surface area contributed by atoms with Crippen molar-refractivity contribution in [2.75, 3.05) is 0 Å². The predicted molar refractivity (Wildman–Crippen MR) is 296 cm³/mol. The van der Waals surface area contributed by atoms with Gasteiger partial charge in [-0.05, 0) is 114 Å². The van der Waals surface area contributed by atoms with Crippen LogP contribution >= 0.6 is 0 Å². The van der Waals surface area contributed by atoms with Crippen molar-refractivity contribution in [2.45, 2.75) is 20.0 Å². The van der Waals surface area contributed by atoms with Crippen LogP contribution < -0.4 is 0 Å². The zero-order chi connectivity index (χ0) is 50.1. The molecule has 0 saturated carbocycles. The summed E-state index contributed by atoms with van der Waals surface area (Å²) in [6, 6.07) is 75.2. The lowest BCUT2D eigenvalue weighted by molar-refractivity contribution is -0.137. The maximum absolute atomic E-state index is 16.0. The van der Waals surface area contributed by atoms with Crippen molar-refractivity contribution in [3.63, 3.8) is 0 Å². The third kappa shape index (κ3) is 7.79. The first-order valence-corrected chi connectivity index (χ1v) is 24.6. The molecule has 5 nitrogen and oxygen atoms in total. The summed E-state index contributed by atoms with van der Waals surface area (Å²) in [5.74, 6) is 1.22. The molecule has 0 N–H and O–H groups in total. The standard InChI is InChI=1S/C66H44F3N5/c1-41-21-25-43(26-22-41)47-29-34-60-54(37-47)51-17-9-11-19-58(51)73(60)50-32-33-57(66(67,68)69)53(40-50)56-39-49(65-71-63(45-13-5-3-6-14-45)70-64(72-65)46-15-7-4-8-16-46)31-36-62(56)74-59-20-12-10-18-52(59)55-38-48(30-35-61(55)74)44-27-23-42(2)24-28-44/h3-40H,1-2H3. The summed E-state index contributed by atoms with van der Waals surface area (Å²) >= 11 is 0. The second-order valence-corrected chi connectivity index (χ2v) is 18.9. The van der Waals surface area contributed by atoms with Crippen molar-refractivity contribution < 1.29 is 13.2 Å². The molecular weight excluding hydrogens is 920 g/mol. The molecule has 0 amide bonds. The SMILES string of the molecule is Cc1ccc(-c2ccc3c(c2)c2ccccc2n3-c2ccc(C(F)(F)F)c(-c3cc(-c4nc(-c5ccccc5)nc(-c5ccccc5)n4)ccc3-n3c4ccccc4c4cc(-c5ccc(C)cc5)ccc43)c2)cc1. The summed E-state index contributed by atoms with van der Waals surface area (Å²) in [5.41, 5.74) is 12.9. The van der Waals surface area contributed by atoms with Gasteiger partial charge in [-0.2, -0.15) is 13.2 Å². The van der Waals surface area contributed by atoms with Crippen LogP contribution in [0.4, 0.5) is 13.2 Å². The number of aryl methyl sites for hydroxylation is 2. The molecule has 0 radical (unpaired) electrons. The monoisotopic (exact) mass is 963 g/mol. The van der Waals surface area contributed by atoms with Gasteiger partial charge in [0.2, 0.25) is 0 Å². The first-order chi connectivity index (χ1) is 36.1. The molecule has 0 spiro atoms. The summed E-state index contributed by atoms with van der Waals surface area (Å²) in [6.07, 6.45) is -4.73. The number of alkyl halides is 3. The molecule has 3 aromatic heterocycles. The highest BCUT2D eigenvalue weighted by atomic mass is 19.4. The lowest BCUT2D eigenvalue weighted by atomic mass is 9.94. The molecule has 13 rings (SSSR count). The molecule has 0 bridgehead atoms. The summed E-state index contributed by atoms with van der Waals surface area (Å²) < 4.78 is 52.2. The maximum Gasteiger partial charge on any atom is 0.417 e. The van der Waals surface area contributed by atoms with Crippen LogP contribution in [0.15, 0.2) is 231 Å². The molecule has 0 aliphatic heterocycles. The van der Waals surface area contributed by atoms with E-state index in [1.54, 1.807) is 12.1 Å². The van der Waals surface area contributed by atoms with E-state index in [-0.39, 0.29) is 5.56 Å². The first-order valence-electron chi connectivity index (χ1n) is 24.6. The van der Waals surface area contributed by atoms with Crippen LogP contribution in [0.3, 0.4) is 0 Å². The largest absolute Gasteiger partial charge is 0.417 e. The number of aromatic nitrogens is 5. The number of para-hydroxylation sites is 2. The number of halogens is 3. The minimum Gasteiger partial charge on any atom is -0.309 e. The summed E-state index contributed by atoms with van der Waals surface area (Å²) in [4.78, 5) is 15.0. The maximum atomic E-state index is 16.0. The molecule has 0 aliphatic rings. The van der Waals surface area contributed by atoms with Gasteiger partial charge >= 0.3 is 6.18 Å². The van der Waals surface area contributed by atoms with Gasteiger partial charge in [0.15, 0.2) is 17.5 Å². The molecule has 0 aliphatic carbocycles. The molecule has 8 heteroatoms. The van der Waals surface area contributed by atoms with Gasteiger partial charge in [0.25, 0.3) is 0 Å². The molecule has 0 saturated heterocycles. The van der Waals surface area contributed by atoms with E-state index in [2.05, 4.69) is 120 Å². The molecule has 0 fully saturated rings. The minimum absolute atomic E-state index is 0.0110. The third-order valence-electron chi connectivity index (χ3n) is 14.2. The lowest BCUT2D eigenvalue weighted by Crippen LogP contribution is -2.10. The Morgan fingerprint density at radius 1 is 0.324 bits per heavy atom. The fraction of sp³-hybridized carbons (Fsp3) is 0.0455. The van der Waals surface area contributed by atoms with E-state index in [9.17, 15) is 0 Å². The number of hydrogen-bond acceptors (Lipinski definition) is 3.